The molecule has 0 unspecified atom stereocenters. The topological polar surface area (TPSA) is 72.5 Å². The van der Waals surface area contributed by atoms with Gasteiger partial charge in [0.15, 0.2) is 0 Å². The zero-order valence-corrected chi connectivity index (χ0v) is 11.8. The molecule has 0 atom stereocenters. The Balaban J connectivity index is 1.88. The third-order valence-corrected chi connectivity index (χ3v) is 2.96. The highest BCUT2D eigenvalue weighted by Crippen LogP contribution is 2.08. The number of alkyl carbamates (subject to hydrolysis) is 1. The summed E-state index contributed by atoms with van der Waals surface area (Å²) < 4.78 is 5.07. The van der Waals surface area contributed by atoms with Crippen molar-refractivity contribution >= 4 is 18.7 Å². The van der Waals surface area contributed by atoms with Crippen LogP contribution in [-0.2, 0) is 17.9 Å². The van der Waals surface area contributed by atoms with E-state index in [9.17, 15) is 14.4 Å². The third kappa shape index (κ3) is 4.56. The van der Waals surface area contributed by atoms with Gasteiger partial charge in [0.05, 0.1) is 0 Å². The fourth-order valence-electron chi connectivity index (χ4n) is 1.93. The van der Waals surface area contributed by atoms with Crippen LogP contribution in [0.4, 0.5) is 4.79 Å². The lowest BCUT2D eigenvalue weighted by atomic mass is 10.1. The Hall–Kier alpha value is -2.95. The molecule has 0 saturated carbocycles. The molecule has 0 aromatic heterocycles. The first kappa shape index (κ1) is 15.4. The van der Waals surface area contributed by atoms with E-state index < -0.39 is 6.09 Å². The van der Waals surface area contributed by atoms with E-state index in [1.807, 2.05) is 30.3 Å². The second kappa shape index (κ2) is 7.73. The van der Waals surface area contributed by atoms with Gasteiger partial charge in [0.25, 0.3) is 0 Å². The largest absolute Gasteiger partial charge is 0.445 e. The highest BCUT2D eigenvalue weighted by atomic mass is 16.5. The van der Waals surface area contributed by atoms with E-state index in [-0.39, 0.29) is 13.2 Å². The molecule has 5 nitrogen and oxygen atoms in total. The molecular weight excluding hydrogens is 282 g/mol. The number of carbonyl (C=O) groups is 3. The molecule has 0 radical (unpaired) electrons. The lowest BCUT2D eigenvalue weighted by Gasteiger charge is -2.08. The average Bonchev–Trinajstić information content (AvgIpc) is 2.58. The number of hydrogen-bond donors (Lipinski definition) is 1. The molecule has 112 valence electrons. The monoisotopic (exact) mass is 297 g/mol. The Labute approximate surface area is 127 Å². The first-order chi connectivity index (χ1) is 10.7. The van der Waals surface area contributed by atoms with Gasteiger partial charge in [-0.15, -0.1) is 0 Å². The quantitative estimate of drug-likeness (QED) is 0.832. The van der Waals surface area contributed by atoms with Gasteiger partial charge < -0.3 is 10.1 Å². The van der Waals surface area contributed by atoms with Crippen LogP contribution in [0.15, 0.2) is 48.5 Å². The van der Waals surface area contributed by atoms with Crippen LogP contribution in [-0.4, -0.2) is 18.7 Å². The summed E-state index contributed by atoms with van der Waals surface area (Å²) in [6.45, 7) is 0.358. The smallest absolute Gasteiger partial charge is 0.407 e. The SMILES string of the molecule is O=Cc1cc(C=O)cc(CNC(=O)OCc2ccccc2)c1. The molecule has 2 aromatic carbocycles. The van der Waals surface area contributed by atoms with Crippen molar-refractivity contribution in [3.63, 3.8) is 0 Å². The predicted octanol–water partition coefficient (Wildman–Crippen LogP) is 2.74. The second-order valence-corrected chi connectivity index (χ2v) is 4.66. The van der Waals surface area contributed by atoms with Crippen molar-refractivity contribution < 1.29 is 19.1 Å². The van der Waals surface area contributed by atoms with Crippen molar-refractivity contribution in [3.8, 4) is 0 Å². The predicted molar refractivity (Wildman–Crippen MR) is 80.7 cm³/mol. The summed E-state index contributed by atoms with van der Waals surface area (Å²) in [4.78, 5) is 33.2. The Morgan fingerprint density at radius 3 is 2.18 bits per heavy atom. The van der Waals surface area contributed by atoms with Crippen LogP contribution in [0.2, 0.25) is 0 Å². The second-order valence-electron chi connectivity index (χ2n) is 4.66. The summed E-state index contributed by atoms with van der Waals surface area (Å²) >= 11 is 0. The van der Waals surface area contributed by atoms with Gasteiger partial charge in [0.2, 0.25) is 0 Å². The van der Waals surface area contributed by atoms with Gasteiger partial charge in [-0.3, -0.25) is 9.59 Å². The number of benzene rings is 2. The molecule has 22 heavy (non-hydrogen) atoms. The van der Waals surface area contributed by atoms with Crippen LogP contribution in [0.3, 0.4) is 0 Å². The van der Waals surface area contributed by atoms with E-state index in [4.69, 9.17) is 4.74 Å². The molecule has 1 N–H and O–H groups in total. The highest BCUT2D eigenvalue weighted by molar-refractivity contribution is 5.82. The molecule has 0 heterocycles. The number of ether oxygens (including phenoxy) is 1. The number of rotatable bonds is 6. The van der Waals surface area contributed by atoms with Crippen molar-refractivity contribution in [1.82, 2.24) is 5.32 Å². The molecule has 1 amide bonds. The molecule has 0 saturated heterocycles. The zero-order chi connectivity index (χ0) is 15.8. The summed E-state index contributed by atoms with van der Waals surface area (Å²) in [6.07, 6.45) is 0.752. The molecule has 5 heteroatoms. The van der Waals surface area contributed by atoms with Gasteiger partial charge in [0.1, 0.15) is 19.2 Å². The number of amides is 1. The van der Waals surface area contributed by atoms with Gasteiger partial charge in [-0.1, -0.05) is 30.3 Å². The van der Waals surface area contributed by atoms with Crippen molar-refractivity contribution in [2.24, 2.45) is 0 Å². The molecule has 0 aliphatic heterocycles. The lowest BCUT2D eigenvalue weighted by molar-refractivity contribution is 0.112. The van der Waals surface area contributed by atoms with E-state index in [0.717, 1.165) is 5.56 Å². The van der Waals surface area contributed by atoms with Crippen LogP contribution >= 0.6 is 0 Å². The van der Waals surface area contributed by atoms with Crippen molar-refractivity contribution in [2.75, 3.05) is 0 Å². The van der Waals surface area contributed by atoms with Gasteiger partial charge in [-0.25, -0.2) is 4.79 Å². The van der Waals surface area contributed by atoms with Crippen LogP contribution in [0.5, 0.6) is 0 Å². The Kier molecular flexibility index (Phi) is 5.43. The summed E-state index contributed by atoms with van der Waals surface area (Å²) in [5.41, 5.74) is 2.32. The van der Waals surface area contributed by atoms with Gasteiger partial charge >= 0.3 is 6.09 Å². The Bertz CT molecular complexity index is 641. The first-order valence-electron chi connectivity index (χ1n) is 6.70. The Morgan fingerprint density at radius 1 is 0.955 bits per heavy atom. The fraction of sp³-hybridized carbons (Fsp3) is 0.118. The molecule has 0 fully saturated rings. The summed E-state index contributed by atoms with van der Waals surface area (Å²) in [5.74, 6) is 0. The average molecular weight is 297 g/mol. The van der Waals surface area contributed by atoms with Gasteiger partial charge in [-0.2, -0.15) is 0 Å². The van der Waals surface area contributed by atoms with Crippen LogP contribution < -0.4 is 5.32 Å². The summed E-state index contributed by atoms with van der Waals surface area (Å²) in [5, 5.41) is 2.58. The van der Waals surface area contributed by atoms with E-state index >= 15 is 0 Å². The summed E-state index contributed by atoms with van der Waals surface area (Å²) in [7, 11) is 0. The number of aldehydes is 2. The molecule has 0 spiro atoms. The standard InChI is InChI=1S/C17H15NO4/c19-10-15-6-14(7-16(8-15)11-20)9-18-17(21)22-12-13-4-2-1-3-5-13/h1-8,10-11H,9,12H2,(H,18,21). The number of carbonyl (C=O) groups excluding carboxylic acids is 3. The van der Waals surface area contributed by atoms with E-state index in [1.165, 1.54) is 6.07 Å². The molecule has 0 aliphatic rings. The molecule has 0 bridgehead atoms. The maximum absolute atomic E-state index is 11.6. The van der Waals surface area contributed by atoms with Gasteiger partial charge in [0, 0.05) is 17.7 Å². The normalized spacial score (nSPS) is 9.82. The molecule has 2 rings (SSSR count). The summed E-state index contributed by atoms with van der Waals surface area (Å²) in [6, 6.07) is 14.0. The number of nitrogens with one attached hydrogen (secondary N) is 1. The van der Waals surface area contributed by atoms with E-state index in [0.29, 0.717) is 29.3 Å². The first-order valence-corrected chi connectivity index (χ1v) is 6.70. The van der Waals surface area contributed by atoms with Crippen molar-refractivity contribution in [2.45, 2.75) is 13.2 Å². The molecular formula is C17H15NO4. The van der Waals surface area contributed by atoms with Crippen LogP contribution in [0, 0.1) is 0 Å². The van der Waals surface area contributed by atoms with Crippen LogP contribution in [0.1, 0.15) is 31.8 Å². The van der Waals surface area contributed by atoms with E-state index in [2.05, 4.69) is 5.32 Å². The highest BCUT2D eigenvalue weighted by Gasteiger charge is 2.05. The molecule has 2 aromatic rings. The lowest BCUT2D eigenvalue weighted by Crippen LogP contribution is -2.23. The maximum Gasteiger partial charge on any atom is 0.407 e. The molecule has 0 aliphatic carbocycles. The van der Waals surface area contributed by atoms with E-state index in [1.54, 1.807) is 12.1 Å². The minimum atomic E-state index is -0.562. The Morgan fingerprint density at radius 2 is 1.59 bits per heavy atom. The maximum atomic E-state index is 11.6. The van der Waals surface area contributed by atoms with Crippen molar-refractivity contribution in [1.29, 1.82) is 0 Å². The van der Waals surface area contributed by atoms with Crippen LogP contribution in [0.25, 0.3) is 0 Å². The minimum absolute atomic E-state index is 0.177. The third-order valence-electron chi connectivity index (χ3n) is 2.96. The number of hydrogen-bond acceptors (Lipinski definition) is 4. The minimum Gasteiger partial charge on any atom is -0.445 e. The fourth-order valence-corrected chi connectivity index (χ4v) is 1.93. The van der Waals surface area contributed by atoms with Gasteiger partial charge in [-0.05, 0) is 29.3 Å². The zero-order valence-electron chi connectivity index (χ0n) is 11.8. The van der Waals surface area contributed by atoms with Crippen molar-refractivity contribution in [3.05, 3.63) is 70.8 Å².